The van der Waals surface area contributed by atoms with E-state index in [0.717, 1.165) is 29.7 Å². The van der Waals surface area contributed by atoms with Crippen LogP contribution in [0.25, 0.3) is 0 Å². The summed E-state index contributed by atoms with van der Waals surface area (Å²) in [6.07, 6.45) is 2.41. The van der Waals surface area contributed by atoms with Gasteiger partial charge in [0.25, 0.3) is 0 Å². The van der Waals surface area contributed by atoms with Crippen molar-refractivity contribution in [2.45, 2.75) is 25.6 Å². The Morgan fingerprint density at radius 1 is 1.10 bits per heavy atom. The summed E-state index contributed by atoms with van der Waals surface area (Å²) >= 11 is 3.59. The van der Waals surface area contributed by atoms with Gasteiger partial charge in [0.15, 0.2) is 6.23 Å². The highest BCUT2D eigenvalue weighted by Gasteiger charge is 2.32. The Morgan fingerprint density at radius 3 is 2.81 bits per heavy atom. The smallest absolute Gasteiger partial charge is 0.157 e. The lowest BCUT2D eigenvalue weighted by Gasteiger charge is -2.28. The number of anilines is 2. The Hall–Kier alpha value is -1.52. The van der Waals surface area contributed by atoms with Gasteiger partial charge in [0, 0.05) is 16.7 Å². The fraction of sp³-hybridized carbons (Fsp3) is 0.294. The first-order valence-corrected chi connectivity index (χ1v) is 8.15. The van der Waals surface area contributed by atoms with Crippen molar-refractivity contribution in [3.63, 3.8) is 0 Å². The minimum atomic E-state index is 0.146. The van der Waals surface area contributed by atoms with Crippen molar-refractivity contribution in [1.82, 2.24) is 0 Å². The zero-order valence-corrected chi connectivity index (χ0v) is 13.3. The second kappa shape index (κ2) is 5.35. The Labute approximate surface area is 133 Å². The Morgan fingerprint density at radius 2 is 1.95 bits per heavy atom. The fourth-order valence-corrected chi connectivity index (χ4v) is 3.58. The number of hydroxylamine groups is 1. The van der Waals surface area contributed by atoms with E-state index in [1.54, 1.807) is 0 Å². The fourth-order valence-electron chi connectivity index (χ4n) is 3.17. The normalized spacial score (nSPS) is 20.9. The van der Waals surface area contributed by atoms with E-state index in [9.17, 15) is 0 Å². The number of benzene rings is 2. The zero-order valence-electron chi connectivity index (χ0n) is 11.7. The van der Waals surface area contributed by atoms with Gasteiger partial charge in [-0.15, -0.1) is 0 Å². The van der Waals surface area contributed by atoms with Crippen LogP contribution in [0.3, 0.4) is 0 Å². The largest absolute Gasteiger partial charge is 0.344 e. The Bertz CT molecular complexity index is 646. The van der Waals surface area contributed by atoms with Gasteiger partial charge >= 0.3 is 0 Å². The van der Waals surface area contributed by atoms with Crippen molar-refractivity contribution in [3.8, 4) is 0 Å². The minimum Gasteiger partial charge on any atom is -0.344 e. The van der Waals surface area contributed by atoms with E-state index in [4.69, 9.17) is 4.84 Å². The topological polar surface area (TPSA) is 15.7 Å². The third kappa shape index (κ3) is 2.43. The van der Waals surface area contributed by atoms with Gasteiger partial charge in [0.1, 0.15) is 0 Å². The van der Waals surface area contributed by atoms with Crippen LogP contribution in [0.4, 0.5) is 11.4 Å². The summed E-state index contributed by atoms with van der Waals surface area (Å²) in [5.41, 5.74) is 3.72. The molecule has 0 bridgehead atoms. The van der Waals surface area contributed by atoms with Crippen molar-refractivity contribution in [1.29, 1.82) is 0 Å². The van der Waals surface area contributed by atoms with E-state index in [1.165, 1.54) is 17.7 Å². The SMILES string of the molecule is Brc1ccc2c(c1)CN(c1ccccc1)OC1CCCN21. The summed E-state index contributed by atoms with van der Waals surface area (Å²) in [6.45, 7) is 1.84. The molecule has 2 aromatic carbocycles. The lowest BCUT2D eigenvalue weighted by atomic mass is 10.1. The molecule has 0 radical (unpaired) electrons. The van der Waals surface area contributed by atoms with Gasteiger partial charge in [-0.1, -0.05) is 34.1 Å². The van der Waals surface area contributed by atoms with Gasteiger partial charge < -0.3 is 4.90 Å². The van der Waals surface area contributed by atoms with Gasteiger partial charge in [-0.05, 0) is 48.7 Å². The molecule has 1 atom stereocenters. The highest BCUT2D eigenvalue weighted by Crippen LogP contribution is 2.36. The molecule has 0 saturated carbocycles. The summed E-state index contributed by atoms with van der Waals surface area (Å²) in [4.78, 5) is 8.68. The Kier molecular flexibility index (Phi) is 3.36. The van der Waals surface area contributed by atoms with Crippen molar-refractivity contribution >= 4 is 27.3 Å². The van der Waals surface area contributed by atoms with Crippen molar-refractivity contribution in [3.05, 3.63) is 58.6 Å². The number of hydrogen-bond acceptors (Lipinski definition) is 3. The monoisotopic (exact) mass is 344 g/mol. The number of halogens is 1. The third-order valence-corrected chi connectivity index (χ3v) is 4.65. The number of nitrogens with zero attached hydrogens (tertiary/aromatic N) is 2. The lowest BCUT2D eigenvalue weighted by molar-refractivity contribution is 0.0404. The maximum atomic E-state index is 6.29. The second-order valence-corrected chi connectivity index (χ2v) is 6.46. The van der Waals surface area contributed by atoms with E-state index >= 15 is 0 Å². The van der Waals surface area contributed by atoms with Gasteiger partial charge in [0.05, 0.1) is 12.2 Å². The van der Waals surface area contributed by atoms with Crippen molar-refractivity contribution in [2.24, 2.45) is 0 Å². The highest BCUT2D eigenvalue weighted by molar-refractivity contribution is 9.10. The summed E-state index contributed by atoms with van der Waals surface area (Å²) in [5, 5.41) is 2.03. The molecule has 21 heavy (non-hydrogen) atoms. The maximum Gasteiger partial charge on any atom is 0.157 e. The highest BCUT2D eigenvalue weighted by atomic mass is 79.9. The number of hydrogen-bond donors (Lipinski definition) is 0. The molecule has 2 aromatic rings. The molecule has 0 aromatic heterocycles. The minimum absolute atomic E-state index is 0.146. The van der Waals surface area contributed by atoms with Crippen LogP contribution in [0.15, 0.2) is 53.0 Å². The molecule has 1 saturated heterocycles. The van der Waals surface area contributed by atoms with Gasteiger partial charge in [-0.25, -0.2) is 9.90 Å². The predicted molar refractivity (Wildman–Crippen MR) is 88.2 cm³/mol. The summed E-state index contributed by atoms with van der Waals surface area (Å²) in [6, 6.07) is 16.9. The molecule has 2 aliphatic heterocycles. The molecule has 0 N–H and O–H groups in total. The Balaban J connectivity index is 1.77. The first-order chi connectivity index (χ1) is 10.3. The van der Waals surface area contributed by atoms with Gasteiger partial charge in [-0.2, -0.15) is 0 Å². The first-order valence-electron chi connectivity index (χ1n) is 7.36. The van der Waals surface area contributed by atoms with Crippen LogP contribution in [-0.4, -0.2) is 12.8 Å². The summed E-state index contributed by atoms with van der Waals surface area (Å²) < 4.78 is 1.12. The first kappa shape index (κ1) is 13.2. The van der Waals surface area contributed by atoms with Crippen LogP contribution in [0.2, 0.25) is 0 Å². The van der Waals surface area contributed by atoms with Crippen LogP contribution in [0, 0.1) is 0 Å². The quantitative estimate of drug-likeness (QED) is 0.765. The average Bonchev–Trinajstić information content (AvgIpc) is 2.90. The lowest BCUT2D eigenvalue weighted by Crippen LogP contribution is -2.35. The van der Waals surface area contributed by atoms with Crippen LogP contribution in [0.1, 0.15) is 18.4 Å². The average molecular weight is 345 g/mol. The van der Waals surface area contributed by atoms with E-state index in [0.29, 0.717) is 0 Å². The van der Waals surface area contributed by atoms with Crippen molar-refractivity contribution < 1.29 is 4.84 Å². The maximum absolute atomic E-state index is 6.29. The number of fused-ring (bicyclic) bond motifs is 3. The van der Waals surface area contributed by atoms with E-state index < -0.39 is 0 Å². The van der Waals surface area contributed by atoms with Crippen LogP contribution in [0.5, 0.6) is 0 Å². The van der Waals surface area contributed by atoms with Crippen LogP contribution < -0.4 is 9.96 Å². The number of para-hydroxylation sites is 1. The molecule has 2 aliphatic rings. The molecule has 1 fully saturated rings. The molecular weight excluding hydrogens is 328 g/mol. The summed E-state index contributed by atoms with van der Waals surface area (Å²) in [7, 11) is 0. The van der Waals surface area contributed by atoms with E-state index in [-0.39, 0.29) is 6.23 Å². The van der Waals surface area contributed by atoms with Gasteiger partial charge in [-0.3, -0.25) is 0 Å². The molecule has 4 heteroatoms. The third-order valence-electron chi connectivity index (χ3n) is 4.16. The molecule has 108 valence electrons. The van der Waals surface area contributed by atoms with Gasteiger partial charge in [0.2, 0.25) is 0 Å². The summed E-state index contributed by atoms with van der Waals surface area (Å²) in [5.74, 6) is 0. The molecule has 4 rings (SSSR count). The molecule has 0 spiro atoms. The molecule has 0 aliphatic carbocycles. The van der Waals surface area contributed by atoms with Crippen LogP contribution in [-0.2, 0) is 11.4 Å². The van der Waals surface area contributed by atoms with E-state index in [1.807, 2.05) is 11.1 Å². The molecule has 2 heterocycles. The van der Waals surface area contributed by atoms with Crippen molar-refractivity contribution in [2.75, 3.05) is 16.5 Å². The second-order valence-electron chi connectivity index (χ2n) is 5.54. The number of rotatable bonds is 1. The zero-order chi connectivity index (χ0) is 14.2. The standard InChI is InChI=1S/C17H17BrN2O/c18-14-8-9-16-13(11-14)12-20(15-5-2-1-3-6-15)21-17-7-4-10-19(16)17/h1-3,5-6,8-9,11,17H,4,7,10,12H2. The molecule has 1 unspecified atom stereocenters. The predicted octanol–water partition coefficient (Wildman–Crippen LogP) is 4.33. The molecular formula is C17H17BrN2O. The molecule has 0 amide bonds. The van der Waals surface area contributed by atoms with Crippen LogP contribution >= 0.6 is 15.9 Å². The van der Waals surface area contributed by atoms with E-state index in [2.05, 4.69) is 63.3 Å². The molecule has 3 nitrogen and oxygen atoms in total.